The van der Waals surface area contributed by atoms with E-state index < -0.39 is 0 Å². The number of amides is 1. The van der Waals surface area contributed by atoms with E-state index in [1.54, 1.807) is 12.1 Å². The Hall–Kier alpha value is -3.68. The molecule has 1 aromatic heterocycles. The van der Waals surface area contributed by atoms with Gasteiger partial charge in [-0.2, -0.15) is 0 Å². The zero-order valence-corrected chi connectivity index (χ0v) is 20.7. The van der Waals surface area contributed by atoms with Gasteiger partial charge in [-0.25, -0.2) is 9.37 Å². The second-order valence-corrected chi connectivity index (χ2v) is 9.19. The molecule has 3 aromatic rings. The molecule has 1 atom stereocenters. The Labute approximate surface area is 210 Å². The van der Waals surface area contributed by atoms with Gasteiger partial charge in [0.1, 0.15) is 35.8 Å². The van der Waals surface area contributed by atoms with E-state index in [4.69, 9.17) is 14.5 Å². The van der Waals surface area contributed by atoms with Gasteiger partial charge < -0.3 is 19.4 Å². The number of aromatic nitrogens is 2. The number of imidazole rings is 1. The molecule has 1 unspecified atom stereocenters. The number of esters is 1. The third-order valence-electron chi connectivity index (χ3n) is 6.15. The summed E-state index contributed by atoms with van der Waals surface area (Å²) >= 11 is 0. The van der Waals surface area contributed by atoms with E-state index in [1.807, 2.05) is 48.7 Å². The van der Waals surface area contributed by atoms with Gasteiger partial charge in [0.05, 0.1) is 12.2 Å². The van der Waals surface area contributed by atoms with Crippen LogP contribution in [0.1, 0.15) is 61.6 Å². The lowest BCUT2D eigenvalue weighted by Gasteiger charge is -2.23. The van der Waals surface area contributed by atoms with Crippen LogP contribution >= 0.6 is 0 Å². The van der Waals surface area contributed by atoms with E-state index in [0.29, 0.717) is 49.6 Å². The Morgan fingerprint density at radius 3 is 2.64 bits per heavy atom. The van der Waals surface area contributed by atoms with Crippen LogP contribution in [0.5, 0.6) is 5.75 Å². The Bertz CT molecular complexity index is 1180. The number of nitrogens with zero attached hydrogens (tertiary/aromatic N) is 2. The maximum absolute atomic E-state index is 13.6. The monoisotopic (exact) mass is 493 g/mol. The van der Waals surface area contributed by atoms with Gasteiger partial charge in [0, 0.05) is 24.9 Å². The molecule has 1 aliphatic heterocycles. The van der Waals surface area contributed by atoms with Crippen LogP contribution in [-0.2, 0) is 16.1 Å². The van der Waals surface area contributed by atoms with Crippen molar-refractivity contribution < 1.29 is 23.5 Å². The van der Waals surface area contributed by atoms with Crippen LogP contribution in [0.15, 0.2) is 54.6 Å². The largest absolute Gasteiger partial charge is 0.492 e. The topological polar surface area (TPSA) is 82.5 Å². The molecule has 0 saturated carbocycles. The minimum Gasteiger partial charge on any atom is -0.492 e. The van der Waals surface area contributed by atoms with Crippen LogP contribution in [0.25, 0.3) is 11.4 Å². The SMILES string of the molecule is CC(C)c1c(C(=O)NCCOc2ccccc2)nc(-c2ccc(F)cc2)n1CCC1CCCC(=O)O1. The molecule has 1 N–H and O–H groups in total. The first-order chi connectivity index (χ1) is 17.4. The Morgan fingerprint density at radius 1 is 1.19 bits per heavy atom. The molecule has 4 rings (SSSR count). The third kappa shape index (κ3) is 6.30. The average molecular weight is 494 g/mol. The molecule has 1 saturated heterocycles. The minimum absolute atomic E-state index is 0.00178. The fraction of sp³-hybridized carbons (Fsp3) is 0.393. The molecule has 0 spiro atoms. The van der Waals surface area contributed by atoms with E-state index in [9.17, 15) is 14.0 Å². The number of hydrogen-bond donors (Lipinski definition) is 1. The predicted octanol–water partition coefficient (Wildman–Crippen LogP) is 5.11. The highest BCUT2D eigenvalue weighted by atomic mass is 19.1. The number of ether oxygens (including phenoxy) is 2. The Kier molecular flexibility index (Phi) is 8.36. The predicted molar refractivity (Wildman–Crippen MR) is 134 cm³/mol. The highest BCUT2D eigenvalue weighted by molar-refractivity contribution is 5.94. The fourth-order valence-electron chi connectivity index (χ4n) is 4.45. The molecule has 190 valence electrons. The van der Waals surface area contributed by atoms with Gasteiger partial charge >= 0.3 is 5.97 Å². The molecule has 7 nitrogen and oxygen atoms in total. The molecule has 0 bridgehead atoms. The lowest BCUT2D eigenvalue weighted by molar-refractivity contribution is -0.154. The molecule has 2 heterocycles. The number of hydrogen-bond acceptors (Lipinski definition) is 5. The van der Waals surface area contributed by atoms with E-state index in [0.717, 1.165) is 24.3 Å². The zero-order chi connectivity index (χ0) is 25.5. The second-order valence-electron chi connectivity index (χ2n) is 9.19. The van der Waals surface area contributed by atoms with Crippen molar-refractivity contribution in [2.45, 2.75) is 58.1 Å². The summed E-state index contributed by atoms with van der Waals surface area (Å²) in [5.74, 6) is 0.528. The van der Waals surface area contributed by atoms with Gasteiger partial charge in [0.25, 0.3) is 5.91 Å². The summed E-state index contributed by atoms with van der Waals surface area (Å²) in [6.45, 7) is 5.19. The van der Waals surface area contributed by atoms with Crippen molar-refractivity contribution in [1.82, 2.24) is 14.9 Å². The standard InChI is InChI=1S/C28H32FN3O4/c1-19(2)26-25(28(34)30-16-18-35-22-7-4-3-5-8-22)31-27(20-11-13-21(29)14-12-20)32(26)17-15-23-9-6-10-24(33)36-23/h3-5,7-8,11-14,19,23H,6,9-10,15-18H2,1-2H3,(H,30,34). The zero-order valence-electron chi connectivity index (χ0n) is 20.7. The lowest BCUT2D eigenvalue weighted by atomic mass is 10.0. The van der Waals surface area contributed by atoms with Crippen LogP contribution in [0, 0.1) is 5.82 Å². The molecular formula is C28H32FN3O4. The number of para-hydroxylation sites is 1. The number of halogens is 1. The molecule has 1 aliphatic rings. The number of carbonyl (C=O) groups excluding carboxylic acids is 2. The highest BCUT2D eigenvalue weighted by Gasteiger charge is 2.27. The first-order valence-electron chi connectivity index (χ1n) is 12.4. The second kappa shape index (κ2) is 11.8. The van der Waals surface area contributed by atoms with Gasteiger partial charge in [-0.3, -0.25) is 9.59 Å². The highest BCUT2D eigenvalue weighted by Crippen LogP contribution is 2.29. The van der Waals surface area contributed by atoms with Crippen LogP contribution in [0.4, 0.5) is 4.39 Å². The van der Waals surface area contributed by atoms with Crippen LogP contribution in [0.3, 0.4) is 0 Å². The van der Waals surface area contributed by atoms with Crippen molar-refractivity contribution in [3.8, 4) is 17.1 Å². The van der Waals surface area contributed by atoms with Gasteiger partial charge in [-0.05, 0) is 55.2 Å². The molecule has 2 aromatic carbocycles. The summed E-state index contributed by atoms with van der Waals surface area (Å²) in [5.41, 5.74) is 1.84. The summed E-state index contributed by atoms with van der Waals surface area (Å²) in [5, 5.41) is 2.91. The maximum Gasteiger partial charge on any atom is 0.306 e. The first kappa shape index (κ1) is 25.4. The number of rotatable bonds is 10. The molecule has 0 radical (unpaired) electrons. The summed E-state index contributed by atoms with van der Waals surface area (Å²) in [7, 11) is 0. The van der Waals surface area contributed by atoms with Crippen LogP contribution in [0.2, 0.25) is 0 Å². The quantitative estimate of drug-likeness (QED) is 0.314. The van der Waals surface area contributed by atoms with Crippen molar-refractivity contribution in [2.75, 3.05) is 13.2 Å². The number of carbonyl (C=O) groups is 2. The average Bonchev–Trinajstić information content (AvgIpc) is 3.26. The van der Waals surface area contributed by atoms with Crippen LogP contribution in [-0.4, -0.2) is 40.7 Å². The van der Waals surface area contributed by atoms with Crippen molar-refractivity contribution in [3.63, 3.8) is 0 Å². The third-order valence-corrected chi connectivity index (χ3v) is 6.15. The van der Waals surface area contributed by atoms with Gasteiger partial charge in [0.2, 0.25) is 0 Å². The summed E-state index contributed by atoms with van der Waals surface area (Å²) < 4.78 is 26.8. The fourth-order valence-corrected chi connectivity index (χ4v) is 4.45. The molecular weight excluding hydrogens is 461 g/mol. The van der Waals surface area contributed by atoms with Gasteiger partial charge in [-0.15, -0.1) is 0 Å². The maximum atomic E-state index is 13.6. The number of cyclic esters (lactones) is 1. The van der Waals surface area contributed by atoms with E-state index in [2.05, 4.69) is 5.32 Å². The van der Waals surface area contributed by atoms with Crippen LogP contribution < -0.4 is 10.1 Å². The van der Waals surface area contributed by atoms with Crippen molar-refractivity contribution in [2.24, 2.45) is 0 Å². The normalized spacial score (nSPS) is 15.6. The number of benzene rings is 2. The smallest absolute Gasteiger partial charge is 0.306 e. The molecule has 1 amide bonds. The Morgan fingerprint density at radius 2 is 1.94 bits per heavy atom. The summed E-state index contributed by atoms with van der Waals surface area (Å²) in [6, 6.07) is 15.5. The Balaban J connectivity index is 1.55. The van der Waals surface area contributed by atoms with Gasteiger partial charge in [-0.1, -0.05) is 32.0 Å². The summed E-state index contributed by atoms with van der Waals surface area (Å²) in [6.07, 6.45) is 2.54. The molecule has 0 aliphatic carbocycles. The van der Waals surface area contributed by atoms with Crippen molar-refractivity contribution in [3.05, 3.63) is 71.8 Å². The molecule has 1 fully saturated rings. The molecule has 36 heavy (non-hydrogen) atoms. The van der Waals surface area contributed by atoms with E-state index in [-0.39, 0.29) is 29.7 Å². The molecule has 8 heteroatoms. The van der Waals surface area contributed by atoms with Crippen molar-refractivity contribution in [1.29, 1.82) is 0 Å². The number of nitrogens with one attached hydrogen (secondary N) is 1. The minimum atomic E-state index is -0.341. The van der Waals surface area contributed by atoms with E-state index in [1.165, 1.54) is 12.1 Å². The first-order valence-corrected chi connectivity index (χ1v) is 12.4. The summed E-state index contributed by atoms with van der Waals surface area (Å²) in [4.78, 5) is 29.7. The van der Waals surface area contributed by atoms with Gasteiger partial charge in [0.15, 0.2) is 0 Å². The van der Waals surface area contributed by atoms with E-state index >= 15 is 0 Å². The van der Waals surface area contributed by atoms with Crippen molar-refractivity contribution >= 4 is 11.9 Å². The lowest BCUT2D eigenvalue weighted by Crippen LogP contribution is -2.29.